The molecule has 116 valence electrons. The zero-order valence-corrected chi connectivity index (χ0v) is 13.8. The van der Waals surface area contributed by atoms with E-state index in [1.807, 2.05) is 20.8 Å². The standard InChI is InChI=1S/C14H19Cl2N3O2/c1-14(2,3)21-13(20)19-5-4-17-10(8-19)9-6-11(15)18-12(16)7-9/h6-7,10,17H,4-5,8H2,1-3H3. The van der Waals surface area contributed by atoms with Gasteiger partial charge >= 0.3 is 6.09 Å². The third kappa shape index (κ3) is 4.73. The van der Waals surface area contributed by atoms with Crippen LogP contribution < -0.4 is 5.32 Å². The van der Waals surface area contributed by atoms with Crippen molar-refractivity contribution in [3.63, 3.8) is 0 Å². The highest BCUT2D eigenvalue weighted by Crippen LogP contribution is 2.23. The van der Waals surface area contributed by atoms with Crippen molar-refractivity contribution in [2.75, 3.05) is 19.6 Å². The van der Waals surface area contributed by atoms with Crippen LogP contribution >= 0.6 is 23.2 Å². The zero-order valence-electron chi connectivity index (χ0n) is 12.3. The van der Waals surface area contributed by atoms with Crippen molar-refractivity contribution in [1.29, 1.82) is 0 Å². The van der Waals surface area contributed by atoms with Crippen LogP contribution in [0.15, 0.2) is 12.1 Å². The summed E-state index contributed by atoms with van der Waals surface area (Å²) in [6.45, 7) is 7.36. The van der Waals surface area contributed by atoms with Gasteiger partial charge in [0.1, 0.15) is 15.9 Å². The molecule has 1 aromatic rings. The maximum atomic E-state index is 12.1. The first kappa shape index (κ1) is 16.3. The summed E-state index contributed by atoms with van der Waals surface area (Å²) >= 11 is 11.9. The van der Waals surface area contributed by atoms with Gasteiger partial charge in [-0.3, -0.25) is 0 Å². The minimum absolute atomic E-state index is 0.0377. The van der Waals surface area contributed by atoms with Crippen molar-refractivity contribution in [2.24, 2.45) is 0 Å². The van der Waals surface area contributed by atoms with Gasteiger partial charge in [0.15, 0.2) is 0 Å². The molecule has 1 atom stereocenters. The zero-order chi connectivity index (χ0) is 15.6. The van der Waals surface area contributed by atoms with Crippen LogP contribution in [0.2, 0.25) is 10.3 Å². The Hall–Kier alpha value is -1.04. The van der Waals surface area contributed by atoms with E-state index < -0.39 is 5.60 Å². The molecule has 0 aliphatic carbocycles. The number of amides is 1. The average molecular weight is 332 g/mol. The Morgan fingerprint density at radius 1 is 1.38 bits per heavy atom. The van der Waals surface area contributed by atoms with Crippen molar-refractivity contribution >= 4 is 29.3 Å². The van der Waals surface area contributed by atoms with Crippen LogP contribution in [0.5, 0.6) is 0 Å². The highest BCUT2D eigenvalue weighted by atomic mass is 35.5. The first-order chi connectivity index (χ1) is 9.74. The number of ether oxygens (including phenoxy) is 1. The van der Waals surface area contributed by atoms with Gasteiger partial charge in [-0.1, -0.05) is 23.2 Å². The van der Waals surface area contributed by atoms with Crippen LogP contribution in [0.25, 0.3) is 0 Å². The van der Waals surface area contributed by atoms with Gasteiger partial charge in [0.2, 0.25) is 0 Å². The first-order valence-corrected chi connectivity index (χ1v) is 7.54. The van der Waals surface area contributed by atoms with Gasteiger partial charge < -0.3 is 15.0 Å². The van der Waals surface area contributed by atoms with Crippen LogP contribution in [0.3, 0.4) is 0 Å². The minimum Gasteiger partial charge on any atom is -0.444 e. The van der Waals surface area contributed by atoms with E-state index >= 15 is 0 Å². The maximum absolute atomic E-state index is 12.1. The van der Waals surface area contributed by atoms with Gasteiger partial charge in [-0.05, 0) is 38.5 Å². The summed E-state index contributed by atoms with van der Waals surface area (Å²) in [5.74, 6) is 0. The number of nitrogens with one attached hydrogen (secondary N) is 1. The summed E-state index contributed by atoms with van der Waals surface area (Å²) < 4.78 is 5.40. The first-order valence-electron chi connectivity index (χ1n) is 6.79. The van der Waals surface area contributed by atoms with Gasteiger partial charge in [0, 0.05) is 19.6 Å². The molecule has 1 aliphatic rings. The maximum Gasteiger partial charge on any atom is 0.410 e. The van der Waals surface area contributed by atoms with Gasteiger partial charge in [-0.15, -0.1) is 0 Å². The minimum atomic E-state index is -0.499. The van der Waals surface area contributed by atoms with Gasteiger partial charge in [-0.2, -0.15) is 0 Å². The summed E-state index contributed by atoms with van der Waals surface area (Å²) in [5.41, 5.74) is 0.411. The Morgan fingerprint density at radius 2 is 2.00 bits per heavy atom. The average Bonchev–Trinajstić information content (AvgIpc) is 2.36. The lowest BCUT2D eigenvalue weighted by Crippen LogP contribution is -2.49. The SMILES string of the molecule is CC(C)(C)OC(=O)N1CCNC(c2cc(Cl)nc(Cl)c2)C1. The molecule has 1 saturated heterocycles. The Kier molecular flexibility index (Phi) is 4.96. The van der Waals surface area contributed by atoms with E-state index in [-0.39, 0.29) is 12.1 Å². The number of rotatable bonds is 1. The monoisotopic (exact) mass is 331 g/mol. The van der Waals surface area contributed by atoms with Crippen molar-refractivity contribution in [1.82, 2.24) is 15.2 Å². The molecule has 1 N–H and O–H groups in total. The molecule has 1 aliphatic heterocycles. The lowest BCUT2D eigenvalue weighted by molar-refractivity contribution is 0.0195. The van der Waals surface area contributed by atoms with E-state index in [2.05, 4.69) is 10.3 Å². The Balaban J connectivity index is 2.08. The van der Waals surface area contributed by atoms with E-state index in [0.29, 0.717) is 29.9 Å². The highest BCUT2D eigenvalue weighted by Gasteiger charge is 2.28. The number of piperazine rings is 1. The van der Waals surface area contributed by atoms with Crippen molar-refractivity contribution < 1.29 is 9.53 Å². The summed E-state index contributed by atoms with van der Waals surface area (Å²) in [6.07, 6.45) is -0.305. The van der Waals surface area contributed by atoms with Crippen LogP contribution in [-0.2, 0) is 4.74 Å². The molecule has 1 amide bonds. The molecule has 2 rings (SSSR count). The number of hydrogen-bond acceptors (Lipinski definition) is 4. The second kappa shape index (κ2) is 6.38. The van der Waals surface area contributed by atoms with E-state index in [1.54, 1.807) is 17.0 Å². The van der Waals surface area contributed by atoms with E-state index in [4.69, 9.17) is 27.9 Å². The summed E-state index contributed by atoms with van der Waals surface area (Å²) in [6, 6.07) is 3.47. The number of carbonyl (C=O) groups is 1. The number of pyridine rings is 1. The van der Waals surface area contributed by atoms with Crippen molar-refractivity contribution in [2.45, 2.75) is 32.4 Å². The number of nitrogens with zero attached hydrogens (tertiary/aromatic N) is 2. The molecule has 0 saturated carbocycles. The molecule has 7 heteroatoms. The largest absolute Gasteiger partial charge is 0.444 e. The fourth-order valence-electron chi connectivity index (χ4n) is 2.15. The van der Waals surface area contributed by atoms with E-state index in [0.717, 1.165) is 5.56 Å². The predicted molar refractivity (Wildman–Crippen MR) is 82.8 cm³/mol. The Labute approximate surface area is 134 Å². The molecule has 21 heavy (non-hydrogen) atoms. The molecule has 1 fully saturated rings. The lowest BCUT2D eigenvalue weighted by atomic mass is 10.1. The molecule has 0 spiro atoms. The smallest absolute Gasteiger partial charge is 0.410 e. The Morgan fingerprint density at radius 3 is 2.57 bits per heavy atom. The molecule has 1 aromatic heterocycles. The molecule has 5 nitrogen and oxygen atoms in total. The van der Waals surface area contributed by atoms with E-state index in [9.17, 15) is 4.79 Å². The van der Waals surface area contributed by atoms with Crippen LogP contribution in [-0.4, -0.2) is 41.2 Å². The fourth-order valence-corrected chi connectivity index (χ4v) is 2.63. The normalized spacial score (nSPS) is 19.5. The predicted octanol–water partition coefficient (Wildman–Crippen LogP) is 3.27. The summed E-state index contributed by atoms with van der Waals surface area (Å²) in [7, 11) is 0. The van der Waals surface area contributed by atoms with Gasteiger partial charge in [-0.25, -0.2) is 9.78 Å². The Bertz CT molecular complexity index is 511. The third-order valence-electron chi connectivity index (χ3n) is 3.01. The van der Waals surface area contributed by atoms with Gasteiger partial charge in [0.05, 0.1) is 6.04 Å². The molecule has 0 bridgehead atoms. The van der Waals surface area contributed by atoms with Crippen LogP contribution in [0.1, 0.15) is 32.4 Å². The summed E-state index contributed by atoms with van der Waals surface area (Å²) in [5, 5.41) is 4.03. The quantitative estimate of drug-likeness (QED) is 0.802. The summed E-state index contributed by atoms with van der Waals surface area (Å²) in [4.78, 5) is 17.8. The second-order valence-electron chi connectivity index (χ2n) is 5.98. The second-order valence-corrected chi connectivity index (χ2v) is 6.75. The molecule has 1 unspecified atom stereocenters. The molecular weight excluding hydrogens is 313 g/mol. The number of aromatic nitrogens is 1. The molecule has 2 heterocycles. The lowest BCUT2D eigenvalue weighted by Gasteiger charge is -2.35. The van der Waals surface area contributed by atoms with Gasteiger partial charge in [0.25, 0.3) is 0 Å². The number of carbonyl (C=O) groups excluding carboxylic acids is 1. The van der Waals surface area contributed by atoms with Crippen molar-refractivity contribution in [3.8, 4) is 0 Å². The van der Waals surface area contributed by atoms with Crippen LogP contribution in [0.4, 0.5) is 4.79 Å². The number of halogens is 2. The number of hydrogen-bond donors (Lipinski definition) is 1. The highest BCUT2D eigenvalue weighted by molar-refractivity contribution is 6.32. The molecular formula is C14H19Cl2N3O2. The molecule has 0 radical (unpaired) electrons. The fraction of sp³-hybridized carbons (Fsp3) is 0.571. The topological polar surface area (TPSA) is 54.5 Å². The van der Waals surface area contributed by atoms with E-state index in [1.165, 1.54) is 0 Å². The van der Waals surface area contributed by atoms with Crippen molar-refractivity contribution in [3.05, 3.63) is 28.0 Å². The molecule has 0 aromatic carbocycles. The van der Waals surface area contributed by atoms with Crippen LogP contribution in [0, 0.1) is 0 Å². The third-order valence-corrected chi connectivity index (χ3v) is 3.40.